The molecule has 0 rings (SSSR count). The van der Waals surface area contributed by atoms with Gasteiger partial charge in [0.1, 0.15) is 13.2 Å². The maximum absolute atomic E-state index is 12.9. The maximum atomic E-state index is 12.9. The van der Waals surface area contributed by atoms with Crippen LogP contribution in [0.15, 0.2) is 109 Å². The quantitative estimate of drug-likeness (QED) is 0.0261. The monoisotopic (exact) mass is 1110 g/mol. The second-order valence-electron chi connectivity index (χ2n) is 22.3. The summed E-state index contributed by atoms with van der Waals surface area (Å²) in [6.45, 7) is 6.53. The molecule has 0 aliphatic carbocycles. The van der Waals surface area contributed by atoms with Crippen molar-refractivity contribution in [2.45, 2.75) is 329 Å². The number of esters is 3. The first-order chi connectivity index (χ1) is 39.5. The summed E-state index contributed by atoms with van der Waals surface area (Å²) in [5, 5.41) is 0. The van der Waals surface area contributed by atoms with Gasteiger partial charge in [-0.05, 0) is 128 Å². The number of allylic oxidation sites excluding steroid dienone is 18. The van der Waals surface area contributed by atoms with Crippen molar-refractivity contribution < 1.29 is 28.6 Å². The summed E-state index contributed by atoms with van der Waals surface area (Å²) >= 11 is 0. The Bertz CT molecular complexity index is 1610. The number of hydrogen-bond acceptors (Lipinski definition) is 6. The molecule has 0 aromatic carbocycles. The first-order valence-electron chi connectivity index (χ1n) is 33.9. The lowest BCUT2D eigenvalue weighted by Crippen LogP contribution is -2.30. The number of carbonyl (C=O) groups is 3. The lowest BCUT2D eigenvalue weighted by Gasteiger charge is -2.18. The Balaban J connectivity index is 4.36. The Morgan fingerprint density at radius 1 is 0.263 bits per heavy atom. The van der Waals surface area contributed by atoms with Crippen molar-refractivity contribution in [2.75, 3.05) is 13.2 Å². The second kappa shape index (κ2) is 67.6. The van der Waals surface area contributed by atoms with Crippen LogP contribution in [0.25, 0.3) is 0 Å². The molecule has 6 heteroatoms. The van der Waals surface area contributed by atoms with Crippen LogP contribution in [0.4, 0.5) is 0 Å². The summed E-state index contributed by atoms with van der Waals surface area (Å²) in [5.74, 6) is -0.900. The van der Waals surface area contributed by atoms with E-state index in [0.717, 1.165) is 116 Å². The van der Waals surface area contributed by atoms with Crippen LogP contribution >= 0.6 is 0 Å². The summed E-state index contributed by atoms with van der Waals surface area (Å²) in [7, 11) is 0. The van der Waals surface area contributed by atoms with Crippen molar-refractivity contribution >= 4 is 17.9 Å². The van der Waals surface area contributed by atoms with E-state index in [0.29, 0.717) is 19.3 Å². The fourth-order valence-corrected chi connectivity index (χ4v) is 9.41. The van der Waals surface area contributed by atoms with Crippen LogP contribution in [0.1, 0.15) is 323 Å². The standard InChI is InChI=1S/C74H126O6/c1-4-7-10-13-16-19-22-25-28-30-32-33-34-35-36-37-38-39-40-41-42-44-46-49-52-55-58-61-64-67-73(76)79-70-71(69-78-72(75)66-63-60-57-54-51-48-45-27-24-21-18-15-12-9-6-3)80-74(77)68-65-62-59-56-53-50-47-43-31-29-26-23-20-17-14-11-8-5-2/h7,10,16,19,25,27-29,31-33,35-36,38-39,41-42,45,71H,4-6,8-9,11-15,17-18,20-24,26,30,34,37,40,43-44,46-70H2,1-3H3/b10-7-,19-16-,28-25-,31-29-,33-32-,36-35-,39-38-,42-41-,45-27-. The third kappa shape index (κ3) is 64.9. The highest BCUT2D eigenvalue weighted by Crippen LogP contribution is 2.16. The predicted molar refractivity (Wildman–Crippen MR) is 348 cm³/mol. The molecule has 6 nitrogen and oxygen atoms in total. The van der Waals surface area contributed by atoms with Crippen molar-refractivity contribution in [1.29, 1.82) is 0 Å². The minimum absolute atomic E-state index is 0.0868. The number of carbonyl (C=O) groups excluding carboxylic acids is 3. The fraction of sp³-hybridized carbons (Fsp3) is 0.716. The number of hydrogen-bond donors (Lipinski definition) is 0. The van der Waals surface area contributed by atoms with E-state index < -0.39 is 6.10 Å². The first kappa shape index (κ1) is 76.1. The van der Waals surface area contributed by atoms with Gasteiger partial charge >= 0.3 is 17.9 Å². The zero-order chi connectivity index (χ0) is 57.8. The lowest BCUT2D eigenvalue weighted by atomic mass is 10.1. The number of rotatable bonds is 61. The van der Waals surface area contributed by atoms with Gasteiger partial charge in [0.25, 0.3) is 0 Å². The molecule has 0 amide bonds. The number of unbranched alkanes of at least 4 members (excludes halogenated alkanes) is 32. The van der Waals surface area contributed by atoms with E-state index in [1.54, 1.807) is 0 Å². The Kier molecular flexibility index (Phi) is 64.3. The Morgan fingerprint density at radius 2 is 0.487 bits per heavy atom. The smallest absolute Gasteiger partial charge is 0.306 e. The highest BCUT2D eigenvalue weighted by molar-refractivity contribution is 5.71. The minimum Gasteiger partial charge on any atom is -0.462 e. The molecule has 0 aliphatic heterocycles. The van der Waals surface area contributed by atoms with E-state index in [9.17, 15) is 14.4 Å². The molecule has 0 spiro atoms. The van der Waals surface area contributed by atoms with Crippen LogP contribution in [0.5, 0.6) is 0 Å². The minimum atomic E-state index is -0.791. The van der Waals surface area contributed by atoms with E-state index in [4.69, 9.17) is 14.2 Å². The van der Waals surface area contributed by atoms with Gasteiger partial charge in [-0.25, -0.2) is 0 Å². The molecule has 0 aromatic rings. The molecule has 0 saturated carbocycles. The molecule has 0 N–H and O–H groups in total. The normalized spacial score (nSPS) is 12.8. The Hall–Kier alpha value is -3.93. The summed E-state index contributed by atoms with van der Waals surface area (Å²) in [4.78, 5) is 38.4. The molecular weight excluding hydrogens is 985 g/mol. The fourth-order valence-electron chi connectivity index (χ4n) is 9.41. The number of ether oxygens (including phenoxy) is 3. The zero-order valence-electron chi connectivity index (χ0n) is 52.6. The van der Waals surface area contributed by atoms with Crippen LogP contribution in [-0.4, -0.2) is 37.2 Å². The molecule has 0 heterocycles. The largest absolute Gasteiger partial charge is 0.462 e. The molecular formula is C74H126O6. The third-order valence-electron chi connectivity index (χ3n) is 14.5. The summed E-state index contributed by atoms with van der Waals surface area (Å²) in [5.41, 5.74) is 0. The van der Waals surface area contributed by atoms with Gasteiger partial charge in [0.15, 0.2) is 6.10 Å². The van der Waals surface area contributed by atoms with Gasteiger partial charge in [-0.2, -0.15) is 0 Å². The van der Waals surface area contributed by atoms with Gasteiger partial charge in [0.05, 0.1) is 0 Å². The molecule has 458 valence electrons. The van der Waals surface area contributed by atoms with Crippen molar-refractivity contribution in [1.82, 2.24) is 0 Å². The molecule has 0 saturated heterocycles. The highest BCUT2D eigenvalue weighted by Gasteiger charge is 2.19. The van der Waals surface area contributed by atoms with Crippen LogP contribution < -0.4 is 0 Å². The summed E-state index contributed by atoms with van der Waals surface area (Å²) in [6.07, 6.45) is 92.4. The van der Waals surface area contributed by atoms with E-state index in [-0.39, 0.29) is 31.1 Å². The molecule has 0 fully saturated rings. The molecule has 1 atom stereocenters. The van der Waals surface area contributed by atoms with Crippen molar-refractivity contribution in [2.24, 2.45) is 0 Å². The topological polar surface area (TPSA) is 78.9 Å². The molecule has 1 unspecified atom stereocenters. The van der Waals surface area contributed by atoms with E-state index in [1.807, 2.05) is 0 Å². The molecule has 0 aromatic heterocycles. The van der Waals surface area contributed by atoms with Gasteiger partial charge in [0.2, 0.25) is 0 Å². The van der Waals surface area contributed by atoms with Gasteiger partial charge < -0.3 is 14.2 Å². The van der Waals surface area contributed by atoms with Crippen LogP contribution in [-0.2, 0) is 28.6 Å². The average Bonchev–Trinajstić information content (AvgIpc) is 3.46. The Labute approximate surface area is 495 Å². The van der Waals surface area contributed by atoms with Gasteiger partial charge in [0, 0.05) is 19.3 Å². The predicted octanol–water partition coefficient (Wildman–Crippen LogP) is 23.4. The van der Waals surface area contributed by atoms with E-state index >= 15 is 0 Å². The zero-order valence-corrected chi connectivity index (χ0v) is 52.6. The van der Waals surface area contributed by atoms with Crippen molar-refractivity contribution in [3.63, 3.8) is 0 Å². The molecule has 0 radical (unpaired) electrons. The van der Waals surface area contributed by atoms with Crippen molar-refractivity contribution in [3.05, 3.63) is 109 Å². The van der Waals surface area contributed by atoms with Gasteiger partial charge in [-0.3, -0.25) is 14.4 Å². The van der Waals surface area contributed by atoms with Crippen LogP contribution in [0.2, 0.25) is 0 Å². The summed E-state index contributed by atoms with van der Waals surface area (Å²) in [6, 6.07) is 0. The highest BCUT2D eigenvalue weighted by atomic mass is 16.6. The molecule has 0 aliphatic rings. The van der Waals surface area contributed by atoms with Crippen molar-refractivity contribution in [3.8, 4) is 0 Å². The Morgan fingerprint density at radius 3 is 0.775 bits per heavy atom. The molecule has 80 heavy (non-hydrogen) atoms. The average molecular weight is 1110 g/mol. The SMILES string of the molecule is CC/C=C\C/C=C\C/C=C\C/C=C\C/C=C\C/C=C\C/C=C\CCCCCCCCCC(=O)OCC(COC(=O)CCCCCCC/C=C\CCCCCCCC)OC(=O)CCCCCCCCC/C=C\CCCCCCCCC. The van der Waals surface area contributed by atoms with Crippen LogP contribution in [0, 0.1) is 0 Å². The molecule has 0 bridgehead atoms. The lowest BCUT2D eigenvalue weighted by molar-refractivity contribution is -0.167. The maximum Gasteiger partial charge on any atom is 0.306 e. The van der Waals surface area contributed by atoms with Crippen LogP contribution in [0.3, 0.4) is 0 Å². The second-order valence-corrected chi connectivity index (χ2v) is 22.3. The van der Waals surface area contributed by atoms with Gasteiger partial charge in [-0.15, -0.1) is 0 Å². The van der Waals surface area contributed by atoms with Gasteiger partial charge in [-0.1, -0.05) is 284 Å². The van der Waals surface area contributed by atoms with E-state index in [1.165, 1.54) is 167 Å². The summed E-state index contributed by atoms with van der Waals surface area (Å²) < 4.78 is 16.9. The van der Waals surface area contributed by atoms with E-state index in [2.05, 4.69) is 130 Å². The first-order valence-corrected chi connectivity index (χ1v) is 33.9. The third-order valence-corrected chi connectivity index (χ3v) is 14.5.